The fraction of sp³-hybridized carbons (Fsp3) is 0.0769. The fourth-order valence-corrected chi connectivity index (χ4v) is 1.80. The van der Waals surface area contributed by atoms with Gasteiger partial charge in [0.05, 0.1) is 5.56 Å². The van der Waals surface area contributed by atoms with Crippen molar-refractivity contribution in [1.29, 1.82) is 0 Å². The number of alkyl halides is 3. The summed E-state index contributed by atoms with van der Waals surface area (Å²) in [5.74, 6) is -0.499. The molecule has 5 heteroatoms. The Morgan fingerprint density at radius 3 is 2.06 bits per heavy atom. The van der Waals surface area contributed by atoms with E-state index in [2.05, 4.69) is 0 Å². The van der Waals surface area contributed by atoms with Gasteiger partial charge in [-0.15, -0.1) is 0 Å². The van der Waals surface area contributed by atoms with Crippen LogP contribution in [0.5, 0.6) is 0 Å². The molecule has 0 aliphatic rings. The van der Waals surface area contributed by atoms with Gasteiger partial charge in [0.15, 0.2) is 0 Å². The summed E-state index contributed by atoms with van der Waals surface area (Å²) in [6.07, 6.45) is -4.51. The van der Waals surface area contributed by atoms with E-state index in [1.54, 1.807) is 0 Å². The second-order valence-corrected chi connectivity index (χ2v) is 4.13. The van der Waals surface area contributed by atoms with E-state index in [0.29, 0.717) is 5.56 Å². The van der Waals surface area contributed by atoms with Crippen LogP contribution < -0.4 is 0 Å². The molecule has 2 aromatic rings. The predicted octanol–water partition coefficient (Wildman–Crippen LogP) is 5.16. The SMILES string of the molecule is Fc1ccc(-c2ccc(Cl)cc2C(F)(F)F)cc1. The van der Waals surface area contributed by atoms with Crippen LogP contribution in [-0.2, 0) is 6.18 Å². The van der Waals surface area contributed by atoms with Crippen molar-refractivity contribution in [2.75, 3.05) is 0 Å². The molecule has 0 atom stereocenters. The van der Waals surface area contributed by atoms with Crippen LogP contribution in [0.2, 0.25) is 5.02 Å². The zero-order valence-corrected chi connectivity index (χ0v) is 9.69. The van der Waals surface area contributed by atoms with Crippen LogP contribution >= 0.6 is 11.6 Å². The minimum absolute atomic E-state index is 0.00758. The van der Waals surface area contributed by atoms with Crippen LogP contribution in [0.3, 0.4) is 0 Å². The number of rotatable bonds is 1. The molecule has 94 valence electrons. The van der Waals surface area contributed by atoms with E-state index in [1.807, 2.05) is 0 Å². The molecule has 18 heavy (non-hydrogen) atoms. The van der Waals surface area contributed by atoms with Crippen molar-refractivity contribution in [2.24, 2.45) is 0 Å². The molecule has 0 bridgehead atoms. The highest BCUT2D eigenvalue weighted by molar-refractivity contribution is 6.30. The second-order valence-electron chi connectivity index (χ2n) is 3.69. The third-order valence-electron chi connectivity index (χ3n) is 2.44. The highest BCUT2D eigenvalue weighted by Crippen LogP contribution is 2.38. The van der Waals surface area contributed by atoms with E-state index in [4.69, 9.17) is 11.6 Å². The van der Waals surface area contributed by atoms with E-state index in [0.717, 1.165) is 18.2 Å². The highest BCUT2D eigenvalue weighted by atomic mass is 35.5. The summed E-state index contributed by atoms with van der Waals surface area (Å²) in [4.78, 5) is 0. The van der Waals surface area contributed by atoms with Crippen molar-refractivity contribution in [1.82, 2.24) is 0 Å². The van der Waals surface area contributed by atoms with Crippen molar-refractivity contribution in [2.45, 2.75) is 6.18 Å². The lowest BCUT2D eigenvalue weighted by Gasteiger charge is -2.13. The van der Waals surface area contributed by atoms with Crippen LogP contribution in [0.1, 0.15) is 5.56 Å². The maximum atomic E-state index is 12.9. The highest BCUT2D eigenvalue weighted by Gasteiger charge is 2.33. The molecular formula is C13H7ClF4. The van der Waals surface area contributed by atoms with E-state index < -0.39 is 17.6 Å². The molecule has 0 amide bonds. The third-order valence-corrected chi connectivity index (χ3v) is 2.68. The maximum Gasteiger partial charge on any atom is 0.417 e. The minimum Gasteiger partial charge on any atom is -0.207 e. The summed E-state index contributed by atoms with van der Waals surface area (Å²) < 4.78 is 51.3. The summed E-state index contributed by atoms with van der Waals surface area (Å²) in [5.41, 5.74) is -0.561. The average molecular weight is 275 g/mol. The van der Waals surface area contributed by atoms with E-state index in [9.17, 15) is 17.6 Å². The van der Waals surface area contributed by atoms with Crippen molar-refractivity contribution >= 4 is 11.6 Å². The fourth-order valence-electron chi connectivity index (χ4n) is 1.63. The Balaban J connectivity index is 2.60. The molecule has 0 saturated heterocycles. The smallest absolute Gasteiger partial charge is 0.207 e. The summed E-state index contributed by atoms with van der Waals surface area (Å²) in [6.45, 7) is 0. The topological polar surface area (TPSA) is 0 Å². The number of halogens is 5. The summed E-state index contributed by atoms with van der Waals surface area (Å²) >= 11 is 5.58. The van der Waals surface area contributed by atoms with Gasteiger partial charge in [-0.2, -0.15) is 13.2 Å². The molecule has 0 fully saturated rings. The largest absolute Gasteiger partial charge is 0.417 e. The van der Waals surface area contributed by atoms with Crippen molar-refractivity contribution in [3.05, 3.63) is 58.9 Å². The molecule has 0 saturated carbocycles. The van der Waals surface area contributed by atoms with Gasteiger partial charge < -0.3 is 0 Å². The summed E-state index contributed by atoms with van der Waals surface area (Å²) in [6, 6.07) is 8.34. The van der Waals surface area contributed by atoms with Gasteiger partial charge in [-0.1, -0.05) is 29.8 Å². The maximum absolute atomic E-state index is 12.9. The van der Waals surface area contributed by atoms with E-state index >= 15 is 0 Å². The number of benzene rings is 2. The van der Waals surface area contributed by atoms with E-state index in [-0.39, 0.29) is 10.6 Å². The molecule has 0 nitrogen and oxygen atoms in total. The van der Waals surface area contributed by atoms with Gasteiger partial charge in [0.25, 0.3) is 0 Å². The van der Waals surface area contributed by atoms with Gasteiger partial charge in [-0.05, 0) is 35.4 Å². The molecule has 0 aromatic heterocycles. The van der Waals surface area contributed by atoms with Gasteiger partial charge in [-0.3, -0.25) is 0 Å². The van der Waals surface area contributed by atoms with E-state index in [1.165, 1.54) is 24.3 Å². The lowest BCUT2D eigenvalue weighted by molar-refractivity contribution is -0.137. The first-order chi connectivity index (χ1) is 8.38. The standard InChI is InChI=1S/C13H7ClF4/c14-9-3-6-11(12(7-9)13(16,17)18)8-1-4-10(15)5-2-8/h1-7H. The van der Waals surface area contributed by atoms with Gasteiger partial charge in [0.2, 0.25) is 0 Å². The van der Waals surface area contributed by atoms with Crippen molar-refractivity contribution in [3.63, 3.8) is 0 Å². The van der Waals surface area contributed by atoms with Crippen LogP contribution in [0, 0.1) is 5.82 Å². The van der Waals surface area contributed by atoms with Crippen LogP contribution in [0.15, 0.2) is 42.5 Å². The van der Waals surface area contributed by atoms with Crippen molar-refractivity contribution < 1.29 is 17.6 Å². The van der Waals surface area contributed by atoms with Gasteiger partial charge in [0, 0.05) is 5.02 Å². The Bertz CT molecular complexity index is 558. The Morgan fingerprint density at radius 1 is 0.889 bits per heavy atom. The number of hydrogen-bond acceptors (Lipinski definition) is 0. The molecule has 2 rings (SSSR count). The Morgan fingerprint density at radius 2 is 1.50 bits per heavy atom. The Kier molecular flexibility index (Phi) is 3.30. The zero-order chi connectivity index (χ0) is 13.3. The second kappa shape index (κ2) is 4.61. The monoisotopic (exact) mass is 274 g/mol. The zero-order valence-electron chi connectivity index (χ0n) is 8.93. The van der Waals surface area contributed by atoms with Crippen LogP contribution in [-0.4, -0.2) is 0 Å². The van der Waals surface area contributed by atoms with Gasteiger partial charge in [-0.25, -0.2) is 4.39 Å². The van der Waals surface area contributed by atoms with Crippen LogP contribution in [0.25, 0.3) is 11.1 Å². The molecule has 0 N–H and O–H groups in total. The molecule has 0 radical (unpaired) electrons. The lowest BCUT2D eigenvalue weighted by Crippen LogP contribution is -2.07. The van der Waals surface area contributed by atoms with Gasteiger partial charge >= 0.3 is 6.18 Å². The molecule has 0 heterocycles. The van der Waals surface area contributed by atoms with Crippen molar-refractivity contribution in [3.8, 4) is 11.1 Å². The summed E-state index contributed by atoms with van der Waals surface area (Å²) in [5, 5.41) is 0.00758. The molecule has 0 aliphatic carbocycles. The lowest BCUT2D eigenvalue weighted by atomic mass is 9.99. The first-order valence-electron chi connectivity index (χ1n) is 5.00. The first-order valence-corrected chi connectivity index (χ1v) is 5.38. The molecule has 0 spiro atoms. The Labute approximate surface area is 106 Å². The van der Waals surface area contributed by atoms with Crippen LogP contribution in [0.4, 0.5) is 17.6 Å². The quantitative estimate of drug-likeness (QED) is 0.630. The molecule has 2 aromatic carbocycles. The predicted molar refractivity (Wildman–Crippen MR) is 61.8 cm³/mol. The normalized spacial score (nSPS) is 11.6. The molecular weight excluding hydrogens is 268 g/mol. The third kappa shape index (κ3) is 2.64. The minimum atomic E-state index is -4.51. The average Bonchev–Trinajstić information content (AvgIpc) is 2.29. The molecule has 0 aliphatic heterocycles. The molecule has 0 unspecified atom stereocenters. The summed E-state index contributed by atoms with van der Waals surface area (Å²) in [7, 11) is 0. The Hall–Kier alpha value is -1.55. The number of hydrogen-bond donors (Lipinski definition) is 0. The first kappa shape index (κ1) is 12.9. The van der Waals surface area contributed by atoms with Gasteiger partial charge in [0.1, 0.15) is 5.82 Å².